The minimum absolute atomic E-state index is 0.118. The molecule has 1 aromatic heterocycles. The molecule has 0 bridgehead atoms. The number of rotatable bonds is 8. The summed E-state index contributed by atoms with van der Waals surface area (Å²) in [4.78, 5) is 8.67. The van der Waals surface area contributed by atoms with E-state index < -0.39 is 10.0 Å². The van der Waals surface area contributed by atoms with Gasteiger partial charge in [0.2, 0.25) is 16.0 Å². The molecule has 0 saturated heterocycles. The van der Waals surface area contributed by atoms with Gasteiger partial charge in [-0.05, 0) is 38.1 Å². The summed E-state index contributed by atoms with van der Waals surface area (Å²) in [5.74, 6) is 1.16. The lowest BCUT2D eigenvalue weighted by atomic mass is 10.2. The van der Waals surface area contributed by atoms with Crippen LogP contribution >= 0.6 is 0 Å². The lowest BCUT2D eigenvalue weighted by molar-refractivity contribution is 0.583. The van der Waals surface area contributed by atoms with Gasteiger partial charge in [-0.3, -0.25) is 0 Å². The maximum absolute atomic E-state index is 12.2. The summed E-state index contributed by atoms with van der Waals surface area (Å²) in [6.45, 7) is 5.10. The van der Waals surface area contributed by atoms with Crippen LogP contribution in [-0.2, 0) is 10.0 Å². The Kier molecular flexibility index (Phi) is 6.27. The van der Waals surface area contributed by atoms with Gasteiger partial charge in [-0.1, -0.05) is 0 Å². The van der Waals surface area contributed by atoms with Crippen LogP contribution in [0.3, 0.4) is 0 Å². The summed E-state index contributed by atoms with van der Waals surface area (Å²) >= 11 is 0. The highest BCUT2D eigenvalue weighted by molar-refractivity contribution is 7.89. The van der Waals surface area contributed by atoms with Crippen molar-refractivity contribution in [2.75, 3.05) is 30.3 Å². The van der Waals surface area contributed by atoms with Crippen LogP contribution in [0.5, 0.6) is 0 Å². The Balaban J connectivity index is 1.90. The fourth-order valence-electron chi connectivity index (χ4n) is 2.07. The highest BCUT2D eigenvalue weighted by Gasteiger charge is 2.13. The third-order valence-electron chi connectivity index (χ3n) is 3.21. The minimum atomic E-state index is -3.62. The van der Waals surface area contributed by atoms with Crippen molar-refractivity contribution in [3.8, 4) is 6.07 Å². The van der Waals surface area contributed by atoms with Crippen molar-refractivity contribution in [2.24, 2.45) is 0 Å². The van der Waals surface area contributed by atoms with Gasteiger partial charge in [0.1, 0.15) is 5.82 Å². The van der Waals surface area contributed by atoms with E-state index >= 15 is 0 Å². The number of aromatic nitrogens is 2. The molecule has 1 aromatic carbocycles. The zero-order valence-corrected chi connectivity index (χ0v) is 14.9. The van der Waals surface area contributed by atoms with Gasteiger partial charge in [-0.15, -0.1) is 0 Å². The van der Waals surface area contributed by atoms with Crippen LogP contribution in [0.2, 0.25) is 0 Å². The number of benzene rings is 1. The van der Waals surface area contributed by atoms with Crippen LogP contribution in [0.15, 0.2) is 35.2 Å². The first kappa shape index (κ1) is 18.6. The molecule has 0 saturated carbocycles. The van der Waals surface area contributed by atoms with Gasteiger partial charge in [-0.2, -0.15) is 10.2 Å². The van der Waals surface area contributed by atoms with E-state index in [1.165, 1.54) is 24.3 Å². The van der Waals surface area contributed by atoms with Crippen LogP contribution in [0.4, 0.5) is 11.8 Å². The number of hydrogen-bond acceptors (Lipinski definition) is 7. The van der Waals surface area contributed by atoms with Crippen molar-refractivity contribution in [3.05, 3.63) is 41.6 Å². The lowest BCUT2D eigenvalue weighted by Crippen LogP contribution is -2.29. The molecule has 0 atom stereocenters. The molecular weight excluding hydrogens is 340 g/mol. The van der Waals surface area contributed by atoms with E-state index in [0.717, 1.165) is 18.1 Å². The fraction of sp³-hybridized carbons (Fsp3) is 0.312. The van der Waals surface area contributed by atoms with Crippen LogP contribution in [0, 0.1) is 18.3 Å². The summed E-state index contributed by atoms with van der Waals surface area (Å²) < 4.78 is 26.8. The molecule has 0 amide bonds. The van der Waals surface area contributed by atoms with Gasteiger partial charge in [0, 0.05) is 31.4 Å². The predicted octanol–water partition coefficient (Wildman–Crippen LogP) is 1.48. The highest BCUT2D eigenvalue weighted by atomic mass is 32.2. The lowest BCUT2D eigenvalue weighted by Gasteiger charge is -2.10. The molecule has 0 fully saturated rings. The maximum atomic E-state index is 12.2. The summed E-state index contributed by atoms with van der Waals surface area (Å²) in [5.41, 5.74) is 1.22. The molecule has 0 spiro atoms. The molecule has 25 heavy (non-hydrogen) atoms. The molecule has 2 aromatic rings. The van der Waals surface area contributed by atoms with Crippen LogP contribution in [0.1, 0.15) is 18.2 Å². The molecule has 0 aliphatic rings. The van der Waals surface area contributed by atoms with Gasteiger partial charge in [-0.25, -0.2) is 18.1 Å². The third-order valence-corrected chi connectivity index (χ3v) is 4.68. The Labute approximate surface area is 147 Å². The Morgan fingerprint density at radius 3 is 2.48 bits per heavy atom. The van der Waals surface area contributed by atoms with Crippen molar-refractivity contribution in [1.82, 2.24) is 14.7 Å². The molecule has 3 N–H and O–H groups in total. The summed E-state index contributed by atoms with van der Waals surface area (Å²) in [7, 11) is -3.62. The Bertz CT molecular complexity index is 859. The van der Waals surface area contributed by atoms with E-state index in [1.54, 1.807) is 0 Å². The van der Waals surface area contributed by atoms with Crippen molar-refractivity contribution in [1.29, 1.82) is 5.26 Å². The number of sulfonamides is 1. The number of nitriles is 1. The van der Waals surface area contributed by atoms with E-state index in [-0.39, 0.29) is 11.4 Å². The number of nitrogens with zero attached hydrogens (tertiary/aromatic N) is 3. The number of nitrogens with one attached hydrogen (secondary N) is 3. The first-order valence-corrected chi connectivity index (χ1v) is 9.26. The molecule has 2 rings (SSSR count). The quantitative estimate of drug-likeness (QED) is 0.610. The highest BCUT2D eigenvalue weighted by Crippen LogP contribution is 2.10. The maximum Gasteiger partial charge on any atom is 0.240 e. The molecule has 0 aliphatic heterocycles. The molecular formula is C16H20N6O2S. The van der Waals surface area contributed by atoms with E-state index in [9.17, 15) is 8.42 Å². The SMILES string of the molecule is CCNc1cc(C)nc(NCCNS(=O)(=O)c2ccc(C#N)cc2)n1. The van der Waals surface area contributed by atoms with Gasteiger partial charge >= 0.3 is 0 Å². The first-order chi connectivity index (χ1) is 11.9. The molecule has 1 heterocycles. The topological polar surface area (TPSA) is 120 Å². The van der Waals surface area contributed by atoms with Gasteiger partial charge in [0.25, 0.3) is 0 Å². The van der Waals surface area contributed by atoms with Crippen molar-refractivity contribution in [2.45, 2.75) is 18.7 Å². The van der Waals surface area contributed by atoms with Crippen molar-refractivity contribution < 1.29 is 8.42 Å². The molecule has 8 nitrogen and oxygen atoms in total. The molecule has 0 radical (unpaired) electrons. The zero-order chi connectivity index (χ0) is 18.3. The molecule has 132 valence electrons. The molecule has 9 heteroatoms. The van der Waals surface area contributed by atoms with Gasteiger partial charge < -0.3 is 10.6 Å². The standard InChI is InChI=1S/C16H20N6O2S/c1-3-18-15-10-12(2)21-16(22-15)19-8-9-20-25(23,24)14-6-4-13(11-17)5-7-14/h4-7,10,20H,3,8-9H2,1-2H3,(H2,18,19,21,22). The Morgan fingerprint density at radius 2 is 1.84 bits per heavy atom. The van der Waals surface area contributed by atoms with E-state index in [4.69, 9.17) is 5.26 Å². The predicted molar refractivity (Wildman–Crippen MR) is 95.8 cm³/mol. The van der Waals surface area contributed by atoms with Crippen LogP contribution in [-0.4, -0.2) is 38.0 Å². The Hall–Kier alpha value is -2.70. The average molecular weight is 360 g/mol. The smallest absolute Gasteiger partial charge is 0.240 e. The molecule has 0 unspecified atom stereocenters. The van der Waals surface area contributed by atoms with Gasteiger partial charge in [0.15, 0.2) is 0 Å². The summed E-state index contributed by atoms with van der Waals surface area (Å²) in [6.07, 6.45) is 0. The average Bonchev–Trinajstić information content (AvgIpc) is 2.59. The third kappa shape index (κ3) is 5.41. The van der Waals surface area contributed by atoms with Crippen LogP contribution < -0.4 is 15.4 Å². The summed E-state index contributed by atoms with van der Waals surface area (Å²) in [6, 6.07) is 9.53. The van der Waals surface area contributed by atoms with E-state index in [0.29, 0.717) is 18.1 Å². The number of anilines is 2. The second-order valence-corrected chi connectivity index (χ2v) is 6.98. The van der Waals surface area contributed by atoms with E-state index in [2.05, 4.69) is 25.3 Å². The molecule has 0 aliphatic carbocycles. The summed E-state index contributed by atoms with van der Waals surface area (Å²) in [5, 5.41) is 14.8. The Morgan fingerprint density at radius 1 is 1.12 bits per heavy atom. The van der Waals surface area contributed by atoms with Crippen molar-refractivity contribution in [3.63, 3.8) is 0 Å². The minimum Gasteiger partial charge on any atom is -0.370 e. The largest absolute Gasteiger partial charge is 0.370 e. The van der Waals surface area contributed by atoms with Gasteiger partial charge in [0.05, 0.1) is 16.5 Å². The second kappa shape index (κ2) is 8.41. The number of hydrogen-bond donors (Lipinski definition) is 3. The monoisotopic (exact) mass is 360 g/mol. The normalized spacial score (nSPS) is 10.9. The zero-order valence-electron chi connectivity index (χ0n) is 14.1. The number of aryl methyl sites for hydroxylation is 1. The first-order valence-electron chi connectivity index (χ1n) is 7.78. The van der Waals surface area contributed by atoms with Crippen molar-refractivity contribution >= 4 is 21.8 Å². The second-order valence-electron chi connectivity index (χ2n) is 5.21. The van der Waals surface area contributed by atoms with E-state index in [1.807, 2.05) is 26.0 Å². The fourth-order valence-corrected chi connectivity index (χ4v) is 3.10. The van der Waals surface area contributed by atoms with Crippen LogP contribution in [0.25, 0.3) is 0 Å².